The highest BCUT2D eigenvalue weighted by atomic mass is 16.1. The van der Waals surface area contributed by atoms with Crippen LogP contribution in [0.2, 0.25) is 0 Å². The van der Waals surface area contributed by atoms with Crippen LogP contribution in [0.25, 0.3) is 0 Å². The molecule has 3 heterocycles. The SMILES string of the molecule is C/C=C\C(=C1\C(C)=CN(C(C)C)C1C=C(CCCC)N1CCNCC1)C(N)C1=C(C)C[C@@H](C)NC1=O. The maximum absolute atomic E-state index is 13.1. The molecule has 200 valence electrons. The Balaban J connectivity index is 2.15. The van der Waals surface area contributed by atoms with Crippen LogP contribution >= 0.6 is 0 Å². The van der Waals surface area contributed by atoms with Gasteiger partial charge in [-0.25, -0.2) is 0 Å². The van der Waals surface area contributed by atoms with E-state index < -0.39 is 6.04 Å². The van der Waals surface area contributed by atoms with E-state index in [1.54, 1.807) is 0 Å². The van der Waals surface area contributed by atoms with Gasteiger partial charge in [-0.1, -0.05) is 31.1 Å². The van der Waals surface area contributed by atoms with E-state index in [-0.39, 0.29) is 18.0 Å². The molecule has 6 heteroatoms. The summed E-state index contributed by atoms with van der Waals surface area (Å²) in [4.78, 5) is 18.1. The number of nitrogens with zero attached hydrogens (tertiary/aromatic N) is 2. The van der Waals surface area contributed by atoms with Gasteiger partial charge in [-0.2, -0.15) is 0 Å². The van der Waals surface area contributed by atoms with Gasteiger partial charge in [0, 0.05) is 55.7 Å². The molecule has 3 aliphatic rings. The molecule has 0 aromatic heterocycles. The quantitative estimate of drug-likeness (QED) is 0.443. The second-order valence-corrected chi connectivity index (χ2v) is 10.9. The van der Waals surface area contributed by atoms with Crippen molar-refractivity contribution in [2.24, 2.45) is 5.73 Å². The Morgan fingerprint density at radius 3 is 2.53 bits per heavy atom. The maximum atomic E-state index is 13.1. The van der Waals surface area contributed by atoms with Crippen LogP contribution in [0.15, 0.2) is 58.0 Å². The predicted molar refractivity (Wildman–Crippen MR) is 151 cm³/mol. The lowest BCUT2D eigenvalue weighted by Crippen LogP contribution is -2.45. The molecular weight excluding hydrogens is 446 g/mol. The number of nitrogens with two attached hydrogens (primary N) is 1. The standard InChI is InChI=1S/C30H49N5O/c1-8-10-12-24(34-15-13-32-14-16-34)18-26-27(22(6)19-35(26)20(3)4)25(11-9-2)29(31)28-21(5)17-23(7)33-30(28)36/h9,11,18-20,23,26,29,32H,8,10,12-17,31H2,1-7H3,(H,33,36)/b11-9-,24-18?,27-25+/t23-,26?,29?/m1/s1. The minimum atomic E-state index is -0.464. The Hall–Kier alpha value is -2.31. The van der Waals surface area contributed by atoms with Crippen LogP contribution in [0, 0.1) is 0 Å². The maximum Gasteiger partial charge on any atom is 0.249 e. The molecule has 2 unspecified atom stereocenters. The van der Waals surface area contributed by atoms with E-state index >= 15 is 0 Å². The van der Waals surface area contributed by atoms with Crippen molar-refractivity contribution >= 4 is 5.91 Å². The monoisotopic (exact) mass is 495 g/mol. The van der Waals surface area contributed by atoms with E-state index in [2.05, 4.69) is 79.5 Å². The van der Waals surface area contributed by atoms with Gasteiger partial charge in [-0.3, -0.25) is 4.79 Å². The zero-order valence-electron chi connectivity index (χ0n) is 23.7. The number of allylic oxidation sites excluding steroid dienone is 2. The van der Waals surface area contributed by atoms with Crippen LogP contribution < -0.4 is 16.4 Å². The molecule has 3 aliphatic heterocycles. The number of amides is 1. The first-order valence-corrected chi connectivity index (χ1v) is 13.9. The van der Waals surface area contributed by atoms with E-state index in [4.69, 9.17) is 5.73 Å². The molecule has 4 N–H and O–H groups in total. The van der Waals surface area contributed by atoms with Crippen molar-refractivity contribution in [3.05, 3.63) is 58.0 Å². The molecule has 0 aromatic rings. The first kappa shape index (κ1) is 28.3. The van der Waals surface area contributed by atoms with Gasteiger partial charge in [0.15, 0.2) is 0 Å². The lowest BCUT2D eigenvalue weighted by atomic mass is 9.84. The average molecular weight is 496 g/mol. The molecule has 1 fully saturated rings. The smallest absolute Gasteiger partial charge is 0.249 e. The van der Waals surface area contributed by atoms with Crippen LogP contribution in [0.3, 0.4) is 0 Å². The van der Waals surface area contributed by atoms with Crippen molar-refractivity contribution in [2.45, 2.75) is 98.3 Å². The van der Waals surface area contributed by atoms with Crippen molar-refractivity contribution in [1.82, 2.24) is 20.4 Å². The van der Waals surface area contributed by atoms with Gasteiger partial charge in [0.2, 0.25) is 5.91 Å². The third kappa shape index (κ3) is 6.33. The molecule has 3 rings (SSSR count). The second-order valence-electron chi connectivity index (χ2n) is 10.9. The number of carbonyl (C=O) groups is 1. The highest BCUT2D eigenvalue weighted by molar-refractivity contribution is 5.97. The van der Waals surface area contributed by atoms with Crippen molar-refractivity contribution in [2.75, 3.05) is 26.2 Å². The van der Waals surface area contributed by atoms with Gasteiger partial charge in [-0.15, -0.1) is 0 Å². The number of nitrogens with one attached hydrogen (secondary N) is 2. The Morgan fingerprint density at radius 2 is 1.94 bits per heavy atom. The van der Waals surface area contributed by atoms with Crippen molar-refractivity contribution < 1.29 is 4.79 Å². The highest BCUT2D eigenvalue weighted by Crippen LogP contribution is 2.37. The number of hydrogen-bond donors (Lipinski definition) is 3. The Bertz CT molecular complexity index is 948. The van der Waals surface area contributed by atoms with Gasteiger partial charge in [0.1, 0.15) is 0 Å². The fraction of sp³-hybridized carbons (Fsp3) is 0.633. The summed E-state index contributed by atoms with van der Waals surface area (Å²) in [6, 6.07) is 0.118. The lowest BCUT2D eigenvalue weighted by Gasteiger charge is -2.35. The van der Waals surface area contributed by atoms with E-state index in [9.17, 15) is 4.79 Å². The summed E-state index contributed by atoms with van der Waals surface area (Å²) in [6.45, 7) is 19.2. The molecule has 0 saturated carbocycles. The molecular formula is C30H49N5O. The molecule has 1 amide bonds. The van der Waals surface area contributed by atoms with E-state index in [0.29, 0.717) is 6.04 Å². The number of unbranched alkanes of at least 4 members (excludes halogenated alkanes) is 1. The summed E-state index contributed by atoms with van der Waals surface area (Å²) >= 11 is 0. The molecule has 3 atom stereocenters. The third-order valence-electron chi connectivity index (χ3n) is 7.64. The third-order valence-corrected chi connectivity index (χ3v) is 7.64. The van der Waals surface area contributed by atoms with E-state index in [1.807, 2.05) is 13.8 Å². The topological polar surface area (TPSA) is 73.6 Å². The summed E-state index contributed by atoms with van der Waals surface area (Å²) in [5, 5.41) is 6.60. The van der Waals surface area contributed by atoms with E-state index in [1.165, 1.54) is 29.7 Å². The first-order valence-electron chi connectivity index (χ1n) is 13.9. The van der Waals surface area contributed by atoms with Crippen LogP contribution in [0.5, 0.6) is 0 Å². The van der Waals surface area contributed by atoms with Crippen LogP contribution in [0.1, 0.15) is 74.1 Å². The average Bonchev–Trinajstić information content (AvgIpc) is 3.15. The van der Waals surface area contributed by atoms with Crippen molar-refractivity contribution in [1.29, 1.82) is 0 Å². The summed E-state index contributed by atoms with van der Waals surface area (Å²) in [5.74, 6) is -0.0294. The van der Waals surface area contributed by atoms with E-state index in [0.717, 1.165) is 55.7 Å². The second kappa shape index (κ2) is 12.8. The summed E-state index contributed by atoms with van der Waals surface area (Å²) < 4.78 is 0. The summed E-state index contributed by atoms with van der Waals surface area (Å²) in [5.41, 5.74) is 13.7. The number of rotatable bonds is 9. The largest absolute Gasteiger partial charge is 0.372 e. The number of hydrogen-bond acceptors (Lipinski definition) is 5. The number of carbonyl (C=O) groups excluding carboxylic acids is 1. The highest BCUT2D eigenvalue weighted by Gasteiger charge is 2.35. The van der Waals surface area contributed by atoms with Crippen molar-refractivity contribution in [3.63, 3.8) is 0 Å². The zero-order chi connectivity index (χ0) is 26.4. The normalized spacial score (nSPS) is 26.2. The van der Waals surface area contributed by atoms with Crippen molar-refractivity contribution in [3.8, 4) is 0 Å². The molecule has 0 aliphatic carbocycles. The fourth-order valence-corrected chi connectivity index (χ4v) is 5.85. The Labute approximate surface area is 219 Å². The predicted octanol–water partition coefficient (Wildman–Crippen LogP) is 4.39. The Kier molecular flexibility index (Phi) is 10.0. The van der Waals surface area contributed by atoms with Crippen LogP contribution in [0.4, 0.5) is 0 Å². The molecule has 0 bridgehead atoms. The first-order chi connectivity index (χ1) is 17.2. The molecule has 0 radical (unpaired) electrons. The molecule has 1 saturated heterocycles. The lowest BCUT2D eigenvalue weighted by molar-refractivity contribution is -0.118. The molecule has 36 heavy (non-hydrogen) atoms. The summed E-state index contributed by atoms with van der Waals surface area (Å²) in [7, 11) is 0. The zero-order valence-corrected chi connectivity index (χ0v) is 23.7. The van der Waals surface area contributed by atoms with Gasteiger partial charge < -0.3 is 26.2 Å². The van der Waals surface area contributed by atoms with Crippen LogP contribution in [-0.2, 0) is 4.79 Å². The number of piperazine rings is 1. The van der Waals surface area contributed by atoms with Crippen LogP contribution in [-0.4, -0.2) is 66.1 Å². The molecule has 6 nitrogen and oxygen atoms in total. The summed E-state index contributed by atoms with van der Waals surface area (Å²) in [6.07, 6.45) is 13.2. The van der Waals surface area contributed by atoms with Gasteiger partial charge in [-0.05, 0) is 83.6 Å². The molecule has 0 spiro atoms. The molecule has 0 aromatic carbocycles. The minimum absolute atomic E-state index is 0.0294. The minimum Gasteiger partial charge on any atom is -0.372 e. The van der Waals surface area contributed by atoms with Gasteiger partial charge in [0.25, 0.3) is 0 Å². The Morgan fingerprint density at radius 1 is 1.25 bits per heavy atom. The van der Waals surface area contributed by atoms with Gasteiger partial charge >= 0.3 is 0 Å². The van der Waals surface area contributed by atoms with Gasteiger partial charge in [0.05, 0.1) is 12.1 Å². The fourth-order valence-electron chi connectivity index (χ4n) is 5.85.